The van der Waals surface area contributed by atoms with Gasteiger partial charge in [0.2, 0.25) is 5.91 Å². The highest BCUT2D eigenvalue weighted by Crippen LogP contribution is 2.27. The quantitative estimate of drug-likeness (QED) is 0.394. The lowest BCUT2D eigenvalue weighted by molar-refractivity contribution is -0.115. The first-order valence-corrected chi connectivity index (χ1v) is 12.4. The van der Waals surface area contributed by atoms with Crippen LogP contribution >= 0.6 is 0 Å². The van der Waals surface area contributed by atoms with Crippen LogP contribution in [-0.2, 0) is 16.0 Å². The fourth-order valence-corrected chi connectivity index (χ4v) is 4.19. The van der Waals surface area contributed by atoms with Crippen molar-refractivity contribution in [2.24, 2.45) is 0 Å². The zero-order valence-corrected chi connectivity index (χ0v) is 21.7. The number of carbonyl (C=O) groups is 3. The fourth-order valence-electron chi connectivity index (χ4n) is 4.19. The Hall–Kier alpha value is -4.73. The number of piperidine rings is 1. The summed E-state index contributed by atoms with van der Waals surface area (Å²) in [5.74, 6) is 0.846. The van der Waals surface area contributed by atoms with Gasteiger partial charge in [0.15, 0.2) is 0 Å². The van der Waals surface area contributed by atoms with E-state index in [4.69, 9.17) is 18.9 Å². The fraction of sp³-hybridized carbons (Fsp3) is 0.276. The number of ether oxygens (including phenoxy) is 4. The van der Waals surface area contributed by atoms with Gasteiger partial charge in [-0.05, 0) is 60.2 Å². The normalized spacial score (nSPS) is 13.3. The molecule has 204 valence electrons. The van der Waals surface area contributed by atoms with Crippen molar-refractivity contribution in [1.29, 1.82) is 0 Å². The number of nitrogens with one attached hydrogen (secondary N) is 1. The molecule has 0 spiro atoms. The Morgan fingerprint density at radius 2 is 1.46 bits per heavy atom. The maximum atomic E-state index is 12.5. The van der Waals surface area contributed by atoms with Crippen molar-refractivity contribution in [2.75, 3.05) is 32.6 Å². The van der Waals surface area contributed by atoms with Crippen molar-refractivity contribution in [3.05, 3.63) is 77.9 Å². The summed E-state index contributed by atoms with van der Waals surface area (Å²) in [5.41, 5.74) is 0.895. The van der Waals surface area contributed by atoms with E-state index in [1.807, 2.05) is 24.3 Å². The molecule has 0 unspecified atom stereocenters. The van der Waals surface area contributed by atoms with Gasteiger partial charge in [-0.2, -0.15) is 0 Å². The van der Waals surface area contributed by atoms with E-state index in [0.717, 1.165) is 24.2 Å². The monoisotopic (exact) mass is 534 g/mol. The average molecular weight is 535 g/mol. The number of carboxylic acid groups (broad SMARTS) is 1. The van der Waals surface area contributed by atoms with Crippen LogP contribution in [0.25, 0.3) is 0 Å². The van der Waals surface area contributed by atoms with Crippen molar-refractivity contribution in [1.82, 2.24) is 4.90 Å². The number of aromatic carboxylic acids is 1. The number of rotatable bonds is 9. The number of carbonyl (C=O) groups excluding carboxylic acids is 2. The zero-order chi connectivity index (χ0) is 27.8. The molecule has 1 heterocycles. The molecule has 10 heteroatoms. The lowest BCUT2D eigenvalue weighted by Gasteiger charge is -2.31. The Morgan fingerprint density at radius 1 is 0.872 bits per heavy atom. The number of benzene rings is 3. The van der Waals surface area contributed by atoms with Gasteiger partial charge in [0.1, 0.15) is 29.1 Å². The van der Waals surface area contributed by atoms with Crippen molar-refractivity contribution in [3.8, 4) is 23.0 Å². The summed E-state index contributed by atoms with van der Waals surface area (Å²) >= 11 is 0. The van der Waals surface area contributed by atoms with Gasteiger partial charge in [-0.3, -0.25) is 4.79 Å². The maximum absolute atomic E-state index is 12.5. The van der Waals surface area contributed by atoms with E-state index in [2.05, 4.69) is 5.32 Å². The van der Waals surface area contributed by atoms with Crippen molar-refractivity contribution >= 4 is 23.7 Å². The summed E-state index contributed by atoms with van der Waals surface area (Å²) in [4.78, 5) is 37.3. The van der Waals surface area contributed by atoms with Crippen LogP contribution in [0, 0.1) is 0 Å². The van der Waals surface area contributed by atoms with Crippen molar-refractivity contribution in [2.45, 2.75) is 25.4 Å². The molecular formula is C29H30N2O8. The van der Waals surface area contributed by atoms with E-state index in [0.29, 0.717) is 30.3 Å². The van der Waals surface area contributed by atoms with Crippen LogP contribution in [0.1, 0.15) is 28.8 Å². The lowest BCUT2D eigenvalue weighted by Crippen LogP contribution is -2.41. The summed E-state index contributed by atoms with van der Waals surface area (Å²) in [6.07, 6.45) is 1.25. The minimum atomic E-state index is -1.16. The standard InChI is InChI=1S/C29H30N2O8/c1-36-24-11-12-26(25(18-24)28(33)34)30-27(32)17-19-3-5-20(6-4-19)38-21-7-9-22(10-8-21)39-23-13-15-31(16-14-23)29(35)37-2/h3-12,18,23H,13-17H2,1-2H3,(H,30,32)(H,33,34). The number of carboxylic acids is 1. The first-order valence-electron chi connectivity index (χ1n) is 12.4. The molecule has 1 fully saturated rings. The predicted octanol–water partition coefficient (Wildman–Crippen LogP) is 4.98. The van der Waals surface area contributed by atoms with Crippen LogP contribution in [0.2, 0.25) is 0 Å². The minimum Gasteiger partial charge on any atom is -0.497 e. The molecule has 0 bridgehead atoms. The first kappa shape index (κ1) is 27.3. The highest BCUT2D eigenvalue weighted by atomic mass is 16.5. The summed E-state index contributed by atoms with van der Waals surface area (Å²) in [6, 6.07) is 18.8. The summed E-state index contributed by atoms with van der Waals surface area (Å²) < 4.78 is 21.8. The third kappa shape index (κ3) is 7.41. The van der Waals surface area contributed by atoms with Gasteiger partial charge in [0, 0.05) is 25.9 Å². The topological polar surface area (TPSA) is 124 Å². The van der Waals surface area contributed by atoms with Gasteiger partial charge in [-0.1, -0.05) is 12.1 Å². The highest BCUT2D eigenvalue weighted by Gasteiger charge is 2.24. The van der Waals surface area contributed by atoms with Crippen LogP contribution in [-0.4, -0.2) is 61.4 Å². The van der Waals surface area contributed by atoms with Gasteiger partial charge >= 0.3 is 12.1 Å². The molecule has 3 aromatic rings. The molecule has 0 aromatic heterocycles. The van der Waals surface area contributed by atoms with Crippen molar-refractivity contribution < 1.29 is 38.4 Å². The van der Waals surface area contributed by atoms with E-state index < -0.39 is 5.97 Å². The SMILES string of the molecule is COC(=O)N1CCC(Oc2ccc(Oc3ccc(CC(=O)Nc4ccc(OC)cc4C(=O)O)cc3)cc2)CC1. The molecule has 2 amide bonds. The van der Waals surface area contributed by atoms with Gasteiger partial charge in [-0.25, -0.2) is 9.59 Å². The van der Waals surface area contributed by atoms with E-state index in [1.54, 1.807) is 35.2 Å². The molecule has 0 radical (unpaired) electrons. The number of likely N-dealkylation sites (tertiary alicyclic amines) is 1. The smallest absolute Gasteiger partial charge is 0.409 e. The second-order valence-corrected chi connectivity index (χ2v) is 8.93. The van der Waals surface area contributed by atoms with E-state index in [9.17, 15) is 19.5 Å². The van der Waals surface area contributed by atoms with Gasteiger partial charge < -0.3 is 34.3 Å². The van der Waals surface area contributed by atoms with Gasteiger partial charge in [0.05, 0.1) is 31.9 Å². The minimum absolute atomic E-state index is 0.0304. The Labute approximate surface area is 226 Å². The highest BCUT2D eigenvalue weighted by molar-refractivity contribution is 6.01. The molecular weight excluding hydrogens is 504 g/mol. The van der Waals surface area contributed by atoms with E-state index in [-0.39, 0.29) is 35.8 Å². The Balaban J connectivity index is 1.27. The maximum Gasteiger partial charge on any atom is 0.409 e. The molecule has 0 aliphatic carbocycles. The molecule has 0 atom stereocenters. The largest absolute Gasteiger partial charge is 0.497 e. The molecule has 3 aromatic carbocycles. The lowest BCUT2D eigenvalue weighted by atomic mass is 10.1. The molecule has 0 saturated carbocycles. The second kappa shape index (κ2) is 12.7. The third-order valence-corrected chi connectivity index (χ3v) is 6.26. The number of anilines is 1. The van der Waals surface area contributed by atoms with Crippen LogP contribution in [0.15, 0.2) is 66.7 Å². The second-order valence-electron chi connectivity index (χ2n) is 8.93. The molecule has 10 nitrogen and oxygen atoms in total. The summed E-state index contributed by atoms with van der Waals surface area (Å²) in [6.45, 7) is 1.20. The number of methoxy groups -OCH3 is 2. The van der Waals surface area contributed by atoms with Gasteiger partial charge in [-0.15, -0.1) is 0 Å². The van der Waals surface area contributed by atoms with Gasteiger partial charge in [0.25, 0.3) is 0 Å². The van der Waals surface area contributed by atoms with Crippen LogP contribution < -0.4 is 19.5 Å². The summed E-state index contributed by atoms with van der Waals surface area (Å²) in [7, 11) is 2.82. The number of amides is 2. The molecule has 4 rings (SSSR count). The first-order chi connectivity index (χ1) is 18.8. The molecule has 39 heavy (non-hydrogen) atoms. The third-order valence-electron chi connectivity index (χ3n) is 6.26. The number of hydrogen-bond donors (Lipinski definition) is 2. The van der Waals surface area contributed by atoms with Crippen LogP contribution in [0.5, 0.6) is 23.0 Å². The van der Waals surface area contributed by atoms with E-state index >= 15 is 0 Å². The molecule has 2 N–H and O–H groups in total. The zero-order valence-electron chi connectivity index (χ0n) is 21.7. The van der Waals surface area contributed by atoms with Crippen LogP contribution in [0.3, 0.4) is 0 Å². The van der Waals surface area contributed by atoms with Crippen LogP contribution in [0.4, 0.5) is 10.5 Å². The average Bonchev–Trinajstić information content (AvgIpc) is 2.95. The Bertz CT molecular complexity index is 1300. The molecule has 1 saturated heterocycles. The number of hydrogen-bond acceptors (Lipinski definition) is 7. The Morgan fingerprint density at radius 3 is 2.05 bits per heavy atom. The predicted molar refractivity (Wildman–Crippen MR) is 143 cm³/mol. The molecule has 1 aliphatic heterocycles. The Kier molecular flexibility index (Phi) is 8.88. The summed E-state index contributed by atoms with van der Waals surface area (Å²) in [5, 5.41) is 12.1. The number of nitrogens with zero attached hydrogens (tertiary/aromatic N) is 1. The van der Waals surface area contributed by atoms with E-state index in [1.165, 1.54) is 26.4 Å². The van der Waals surface area contributed by atoms with Crippen molar-refractivity contribution in [3.63, 3.8) is 0 Å². The molecule has 1 aliphatic rings.